The van der Waals surface area contributed by atoms with E-state index in [1.54, 1.807) is 17.6 Å². The van der Waals surface area contributed by atoms with Crippen LogP contribution < -0.4 is 10.2 Å². The second-order valence-electron chi connectivity index (χ2n) is 8.74. The standard InChI is InChI=1S/C25H28N4O3S/c1-17-27-22(16-33-17)19-4-5-23-20(13-19)8-11-29(23)24(30)15-28-9-6-18(7-10-28)25(31)26-14-21-3-2-12-32-21/h2-5,12-13,16,18H,6-11,14-15H2,1H3,(H,26,31). The SMILES string of the molecule is Cc1nc(-c2ccc3c(c2)CCN3C(=O)CN2CCC(C(=O)NCc3ccco3)CC2)cs1. The maximum Gasteiger partial charge on any atom is 0.241 e. The van der Waals surface area contributed by atoms with Gasteiger partial charge in [0, 0.05) is 29.1 Å². The van der Waals surface area contributed by atoms with Crippen molar-refractivity contribution in [3.63, 3.8) is 0 Å². The minimum atomic E-state index is -0.00778. The summed E-state index contributed by atoms with van der Waals surface area (Å²) >= 11 is 1.65. The zero-order chi connectivity index (χ0) is 22.8. The van der Waals surface area contributed by atoms with Crippen molar-refractivity contribution in [1.29, 1.82) is 0 Å². The van der Waals surface area contributed by atoms with Crippen LogP contribution in [0.1, 0.15) is 29.2 Å². The summed E-state index contributed by atoms with van der Waals surface area (Å²) < 4.78 is 5.27. The summed E-state index contributed by atoms with van der Waals surface area (Å²) in [6.45, 7) is 5.06. The molecule has 5 rings (SSSR count). The van der Waals surface area contributed by atoms with E-state index in [0.717, 1.165) is 66.6 Å². The number of hydrogen-bond acceptors (Lipinski definition) is 6. The molecule has 2 aliphatic heterocycles. The number of amides is 2. The van der Waals surface area contributed by atoms with Crippen LogP contribution in [-0.4, -0.2) is 47.9 Å². The van der Waals surface area contributed by atoms with E-state index < -0.39 is 0 Å². The Hall–Kier alpha value is -2.97. The van der Waals surface area contributed by atoms with Crippen LogP contribution in [0.3, 0.4) is 0 Å². The van der Waals surface area contributed by atoms with E-state index >= 15 is 0 Å². The Morgan fingerprint density at radius 1 is 1.21 bits per heavy atom. The molecule has 0 aliphatic carbocycles. The Balaban J connectivity index is 1.13. The number of piperidine rings is 1. The zero-order valence-corrected chi connectivity index (χ0v) is 19.6. The van der Waals surface area contributed by atoms with Crippen molar-refractivity contribution in [2.45, 2.75) is 32.7 Å². The third-order valence-corrected chi connectivity index (χ3v) is 7.30. The van der Waals surface area contributed by atoms with Gasteiger partial charge in [0.25, 0.3) is 0 Å². The van der Waals surface area contributed by atoms with E-state index in [-0.39, 0.29) is 17.7 Å². The lowest BCUT2D eigenvalue weighted by Crippen LogP contribution is -2.45. The van der Waals surface area contributed by atoms with Crippen molar-refractivity contribution in [1.82, 2.24) is 15.2 Å². The number of anilines is 1. The molecule has 0 saturated carbocycles. The minimum Gasteiger partial charge on any atom is -0.467 e. The number of nitrogens with zero attached hydrogens (tertiary/aromatic N) is 3. The number of thiazole rings is 1. The number of furan rings is 1. The molecule has 1 N–H and O–H groups in total. The summed E-state index contributed by atoms with van der Waals surface area (Å²) in [6.07, 6.45) is 4.01. The molecular formula is C25H28N4O3S. The first-order valence-electron chi connectivity index (χ1n) is 11.4. The Bertz CT molecular complexity index is 1130. The molecule has 0 radical (unpaired) electrons. The summed E-state index contributed by atoms with van der Waals surface area (Å²) in [5.41, 5.74) is 4.34. The van der Waals surface area contributed by atoms with Gasteiger partial charge in [-0.15, -0.1) is 11.3 Å². The van der Waals surface area contributed by atoms with Gasteiger partial charge in [0.15, 0.2) is 0 Å². The first kappa shape index (κ1) is 21.9. The van der Waals surface area contributed by atoms with Gasteiger partial charge in [-0.2, -0.15) is 0 Å². The number of aryl methyl sites for hydroxylation is 1. The second-order valence-corrected chi connectivity index (χ2v) is 9.80. The number of hydrogen-bond donors (Lipinski definition) is 1. The van der Waals surface area contributed by atoms with Gasteiger partial charge in [0.05, 0.1) is 30.1 Å². The van der Waals surface area contributed by atoms with E-state index in [2.05, 4.69) is 38.8 Å². The maximum absolute atomic E-state index is 13.1. The van der Waals surface area contributed by atoms with Crippen molar-refractivity contribution in [2.75, 3.05) is 31.1 Å². The molecule has 0 unspecified atom stereocenters. The molecule has 2 amide bonds. The fraction of sp³-hybridized carbons (Fsp3) is 0.400. The monoisotopic (exact) mass is 464 g/mol. The average molecular weight is 465 g/mol. The van der Waals surface area contributed by atoms with E-state index in [1.165, 1.54) is 5.56 Å². The van der Waals surface area contributed by atoms with E-state index in [9.17, 15) is 9.59 Å². The molecular weight excluding hydrogens is 436 g/mol. The van der Waals surface area contributed by atoms with Crippen LogP contribution in [0.2, 0.25) is 0 Å². The Morgan fingerprint density at radius 2 is 2.06 bits per heavy atom. The molecule has 7 nitrogen and oxygen atoms in total. The molecule has 0 atom stereocenters. The Labute approximate surface area is 197 Å². The maximum atomic E-state index is 13.1. The fourth-order valence-electron chi connectivity index (χ4n) is 4.68. The predicted octanol–water partition coefficient (Wildman–Crippen LogP) is 3.63. The Morgan fingerprint density at radius 3 is 2.79 bits per heavy atom. The third-order valence-electron chi connectivity index (χ3n) is 6.53. The van der Waals surface area contributed by atoms with Gasteiger partial charge in [-0.1, -0.05) is 6.07 Å². The van der Waals surface area contributed by atoms with Gasteiger partial charge in [-0.05, 0) is 69.1 Å². The first-order valence-corrected chi connectivity index (χ1v) is 12.3. The number of likely N-dealkylation sites (tertiary alicyclic amines) is 1. The van der Waals surface area contributed by atoms with Crippen molar-refractivity contribution in [3.8, 4) is 11.3 Å². The molecule has 2 aliphatic rings. The normalized spacial score (nSPS) is 16.7. The molecule has 1 fully saturated rings. The van der Waals surface area contributed by atoms with Gasteiger partial charge >= 0.3 is 0 Å². The smallest absolute Gasteiger partial charge is 0.241 e. The van der Waals surface area contributed by atoms with Gasteiger partial charge in [0.1, 0.15) is 5.76 Å². The van der Waals surface area contributed by atoms with Crippen LogP contribution >= 0.6 is 11.3 Å². The summed E-state index contributed by atoms with van der Waals surface area (Å²) in [5, 5.41) is 6.09. The van der Waals surface area contributed by atoms with Crippen molar-refractivity contribution in [3.05, 3.63) is 58.3 Å². The second kappa shape index (κ2) is 9.49. The summed E-state index contributed by atoms with van der Waals surface area (Å²) in [5.74, 6) is 0.946. The summed E-state index contributed by atoms with van der Waals surface area (Å²) in [7, 11) is 0. The highest BCUT2D eigenvalue weighted by Gasteiger charge is 2.29. The van der Waals surface area contributed by atoms with Gasteiger partial charge in [-0.25, -0.2) is 4.98 Å². The topological polar surface area (TPSA) is 78.7 Å². The lowest BCUT2D eigenvalue weighted by Gasteiger charge is -2.32. The van der Waals surface area contributed by atoms with Crippen LogP contribution in [-0.2, 0) is 22.6 Å². The van der Waals surface area contributed by atoms with Crippen LogP contribution in [0.15, 0.2) is 46.4 Å². The van der Waals surface area contributed by atoms with Gasteiger partial charge in [-0.3, -0.25) is 14.5 Å². The average Bonchev–Trinajstić information content (AvgIpc) is 3.58. The Kier molecular flexibility index (Phi) is 6.28. The zero-order valence-electron chi connectivity index (χ0n) is 18.8. The van der Waals surface area contributed by atoms with Crippen LogP contribution in [0, 0.1) is 12.8 Å². The molecule has 4 heterocycles. The molecule has 3 aromatic rings. The molecule has 0 bridgehead atoms. The van der Waals surface area contributed by atoms with Crippen molar-refractivity contribution >= 4 is 28.8 Å². The molecule has 1 aromatic carbocycles. The number of carbonyl (C=O) groups excluding carboxylic acids is 2. The summed E-state index contributed by atoms with van der Waals surface area (Å²) in [4.78, 5) is 34.2. The fourth-order valence-corrected chi connectivity index (χ4v) is 5.30. The summed E-state index contributed by atoms with van der Waals surface area (Å²) in [6, 6.07) is 9.96. The highest BCUT2D eigenvalue weighted by atomic mass is 32.1. The number of nitrogens with one attached hydrogen (secondary N) is 1. The van der Waals surface area contributed by atoms with Gasteiger partial charge in [0.2, 0.25) is 11.8 Å². The van der Waals surface area contributed by atoms with E-state index in [1.807, 2.05) is 24.0 Å². The van der Waals surface area contributed by atoms with Gasteiger partial charge < -0.3 is 14.6 Å². The third kappa shape index (κ3) is 4.86. The number of aromatic nitrogens is 1. The predicted molar refractivity (Wildman–Crippen MR) is 128 cm³/mol. The lowest BCUT2D eigenvalue weighted by atomic mass is 9.96. The number of carbonyl (C=O) groups is 2. The quantitative estimate of drug-likeness (QED) is 0.603. The van der Waals surface area contributed by atoms with Crippen molar-refractivity contribution in [2.24, 2.45) is 5.92 Å². The number of rotatable bonds is 6. The molecule has 8 heteroatoms. The molecule has 172 valence electrons. The van der Waals surface area contributed by atoms with Crippen LogP contribution in [0.25, 0.3) is 11.3 Å². The molecule has 2 aromatic heterocycles. The number of benzene rings is 1. The van der Waals surface area contributed by atoms with Crippen LogP contribution in [0.5, 0.6) is 0 Å². The van der Waals surface area contributed by atoms with Crippen LogP contribution in [0.4, 0.5) is 5.69 Å². The molecule has 33 heavy (non-hydrogen) atoms. The minimum absolute atomic E-state index is 0.00778. The van der Waals surface area contributed by atoms with Crippen molar-refractivity contribution < 1.29 is 14.0 Å². The lowest BCUT2D eigenvalue weighted by molar-refractivity contribution is -0.126. The highest BCUT2D eigenvalue weighted by molar-refractivity contribution is 7.09. The number of fused-ring (bicyclic) bond motifs is 1. The highest BCUT2D eigenvalue weighted by Crippen LogP contribution is 2.33. The first-order chi connectivity index (χ1) is 16.1. The molecule has 0 spiro atoms. The van der Waals surface area contributed by atoms with E-state index in [0.29, 0.717) is 13.1 Å². The largest absolute Gasteiger partial charge is 0.467 e. The van der Waals surface area contributed by atoms with E-state index in [4.69, 9.17) is 4.42 Å². The molecule has 1 saturated heterocycles.